The van der Waals surface area contributed by atoms with E-state index in [1.54, 1.807) is 6.92 Å². The number of carboxylic acid groups (broad SMARTS) is 1. The Balaban J connectivity index is 2.58. The number of carboxylic acids is 1. The van der Waals surface area contributed by atoms with E-state index in [2.05, 4.69) is 5.32 Å². The first-order valence-corrected chi connectivity index (χ1v) is 7.10. The van der Waals surface area contributed by atoms with Crippen LogP contribution in [0.1, 0.15) is 29.3 Å². The van der Waals surface area contributed by atoms with Gasteiger partial charge in [0, 0.05) is 18.7 Å². The number of nitrogens with one attached hydrogen (secondary N) is 1. The highest BCUT2D eigenvalue weighted by atomic mass is 19.4. The first-order chi connectivity index (χ1) is 11.1. The van der Waals surface area contributed by atoms with E-state index in [0.29, 0.717) is 0 Å². The minimum Gasteiger partial charge on any atom is -0.481 e. The summed E-state index contributed by atoms with van der Waals surface area (Å²) in [5.41, 5.74) is -0.884. The molecule has 0 aliphatic heterocycles. The van der Waals surface area contributed by atoms with E-state index in [1.807, 2.05) is 0 Å². The van der Waals surface area contributed by atoms with Crippen molar-refractivity contribution in [3.05, 3.63) is 35.4 Å². The molecule has 0 saturated carbocycles. The molecule has 1 aromatic carbocycles. The number of benzene rings is 1. The topological polar surface area (TPSA) is 86.7 Å². The Hall–Kier alpha value is -2.58. The van der Waals surface area contributed by atoms with Crippen molar-refractivity contribution < 1.29 is 32.7 Å². The van der Waals surface area contributed by atoms with Crippen LogP contribution < -0.4 is 5.32 Å². The maximum Gasteiger partial charge on any atom is 0.416 e. The smallest absolute Gasteiger partial charge is 0.416 e. The fourth-order valence-corrected chi connectivity index (χ4v) is 1.87. The molecule has 0 saturated heterocycles. The summed E-state index contributed by atoms with van der Waals surface area (Å²) in [6, 6.07) is 3.60. The second kappa shape index (κ2) is 8.32. The number of carbonyl (C=O) groups is 3. The zero-order valence-corrected chi connectivity index (χ0v) is 12.9. The number of carbonyl (C=O) groups excluding carboxylic acids is 2. The number of amides is 2. The van der Waals surface area contributed by atoms with Crippen LogP contribution in [0.4, 0.5) is 13.2 Å². The first kappa shape index (κ1) is 19.5. The monoisotopic (exact) mass is 346 g/mol. The van der Waals surface area contributed by atoms with Crippen molar-refractivity contribution in [3.8, 4) is 0 Å². The van der Waals surface area contributed by atoms with Crippen LogP contribution in [0.15, 0.2) is 24.3 Å². The van der Waals surface area contributed by atoms with Gasteiger partial charge in [-0.05, 0) is 31.2 Å². The molecule has 0 heterocycles. The zero-order valence-electron chi connectivity index (χ0n) is 12.9. The van der Waals surface area contributed by atoms with Crippen LogP contribution in [0.3, 0.4) is 0 Å². The molecule has 0 fully saturated rings. The maximum absolute atomic E-state index is 12.4. The number of halogens is 3. The molecule has 2 amide bonds. The predicted octanol–water partition coefficient (Wildman–Crippen LogP) is 1.76. The highest BCUT2D eigenvalue weighted by molar-refractivity contribution is 5.96. The van der Waals surface area contributed by atoms with Crippen LogP contribution in [0, 0.1) is 0 Å². The van der Waals surface area contributed by atoms with Gasteiger partial charge >= 0.3 is 12.1 Å². The third-order valence-corrected chi connectivity index (χ3v) is 3.20. The van der Waals surface area contributed by atoms with E-state index in [4.69, 9.17) is 5.11 Å². The Kier molecular flexibility index (Phi) is 6.75. The molecule has 6 nitrogen and oxygen atoms in total. The van der Waals surface area contributed by atoms with Gasteiger partial charge in [-0.25, -0.2) is 0 Å². The third-order valence-electron chi connectivity index (χ3n) is 3.20. The molecular weight excluding hydrogens is 329 g/mol. The average Bonchev–Trinajstić information content (AvgIpc) is 2.52. The third kappa shape index (κ3) is 5.90. The minimum atomic E-state index is -4.49. The molecule has 0 radical (unpaired) electrons. The van der Waals surface area contributed by atoms with Crippen molar-refractivity contribution in [2.45, 2.75) is 19.5 Å². The highest BCUT2D eigenvalue weighted by Gasteiger charge is 2.30. The van der Waals surface area contributed by atoms with Gasteiger partial charge in [-0.1, -0.05) is 0 Å². The lowest BCUT2D eigenvalue weighted by Gasteiger charge is -2.20. The fraction of sp³-hybridized carbons (Fsp3) is 0.400. The van der Waals surface area contributed by atoms with Crippen LogP contribution in [-0.4, -0.2) is 47.4 Å². The molecule has 0 aliphatic rings. The standard InChI is InChI=1S/C15H17F3N2O4/c1-2-20(8-7-13(22)23)12(21)9-19-14(24)10-3-5-11(6-4-10)15(16,17)18/h3-6H,2,7-9H2,1H3,(H,19,24)(H,22,23). The van der Waals surface area contributed by atoms with Crippen molar-refractivity contribution in [3.63, 3.8) is 0 Å². The first-order valence-electron chi connectivity index (χ1n) is 7.10. The predicted molar refractivity (Wildman–Crippen MR) is 78.3 cm³/mol. The number of hydrogen-bond acceptors (Lipinski definition) is 3. The second-order valence-corrected chi connectivity index (χ2v) is 4.87. The summed E-state index contributed by atoms with van der Waals surface area (Å²) in [7, 11) is 0. The van der Waals surface area contributed by atoms with Gasteiger partial charge in [0.05, 0.1) is 18.5 Å². The Morgan fingerprint density at radius 1 is 1.17 bits per heavy atom. The number of alkyl halides is 3. The molecule has 1 rings (SSSR count). The second-order valence-electron chi connectivity index (χ2n) is 4.87. The van der Waals surface area contributed by atoms with Crippen molar-refractivity contribution in [2.24, 2.45) is 0 Å². The van der Waals surface area contributed by atoms with Crippen LogP contribution in [-0.2, 0) is 15.8 Å². The molecular formula is C15H17F3N2O4. The lowest BCUT2D eigenvalue weighted by molar-refractivity contribution is -0.139. The van der Waals surface area contributed by atoms with Gasteiger partial charge in [0.1, 0.15) is 0 Å². The van der Waals surface area contributed by atoms with Crippen molar-refractivity contribution >= 4 is 17.8 Å². The van der Waals surface area contributed by atoms with Gasteiger partial charge in [0.15, 0.2) is 0 Å². The molecule has 132 valence electrons. The van der Waals surface area contributed by atoms with Gasteiger partial charge in [0.2, 0.25) is 5.91 Å². The number of rotatable bonds is 7. The Morgan fingerprint density at radius 2 is 1.75 bits per heavy atom. The molecule has 1 aromatic rings. The maximum atomic E-state index is 12.4. The van der Waals surface area contributed by atoms with Crippen LogP contribution in [0.5, 0.6) is 0 Å². The summed E-state index contributed by atoms with van der Waals surface area (Å²) in [5.74, 6) is -2.21. The van der Waals surface area contributed by atoms with E-state index in [0.717, 1.165) is 24.3 Å². The lowest BCUT2D eigenvalue weighted by Crippen LogP contribution is -2.41. The summed E-state index contributed by atoms with van der Waals surface area (Å²) < 4.78 is 37.3. The summed E-state index contributed by atoms with van der Waals surface area (Å²) >= 11 is 0. The fourth-order valence-electron chi connectivity index (χ4n) is 1.87. The number of nitrogens with zero attached hydrogens (tertiary/aromatic N) is 1. The van der Waals surface area contributed by atoms with Crippen molar-refractivity contribution in [2.75, 3.05) is 19.6 Å². The minimum absolute atomic E-state index is 0.00983. The Morgan fingerprint density at radius 3 is 2.21 bits per heavy atom. The number of hydrogen-bond donors (Lipinski definition) is 2. The lowest BCUT2D eigenvalue weighted by atomic mass is 10.1. The molecule has 0 atom stereocenters. The molecule has 0 aromatic heterocycles. The van der Waals surface area contributed by atoms with E-state index >= 15 is 0 Å². The normalized spacial score (nSPS) is 11.0. The van der Waals surface area contributed by atoms with Crippen molar-refractivity contribution in [1.82, 2.24) is 10.2 Å². The number of likely N-dealkylation sites (N-methyl/N-ethyl adjacent to an activating group) is 1. The SMILES string of the molecule is CCN(CCC(=O)O)C(=O)CNC(=O)c1ccc(C(F)(F)F)cc1. The summed E-state index contributed by atoms with van der Waals surface area (Å²) in [6.45, 7) is 1.59. The quantitative estimate of drug-likeness (QED) is 0.788. The molecule has 0 spiro atoms. The average molecular weight is 346 g/mol. The Labute approximate surface area is 136 Å². The summed E-state index contributed by atoms with van der Waals surface area (Å²) in [5, 5.41) is 10.9. The van der Waals surface area contributed by atoms with Crippen LogP contribution >= 0.6 is 0 Å². The Bertz CT molecular complexity index is 600. The molecule has 0 bridgehead atoms. The van der Waals surface area contributed by atoms with Gasteiger partial charge in [-0.2, -0.15) is 13.2 Å². The van der Waals surface area contributed by atoms with Gasteiger partial charge in [-0.3, -0.25) is 14.4 Å². The molecule has 0 aliphatic carbocycles. The molecule has 9 heteroatoms. The van der Waals surface area contributed by atoms with E-state index in [1.165, 1.54) is 4.90 Å². The van der Waals surface area contributed by atoms with Crippen LogP contribution in [0.25, 0.3) is 0 Å². The zero-order chi connectivity index (χ0) is 18.3. The van der Waals surface area contributed by atoms with E-state index in [9.17, 15) is 27.6 Å². The van der Waals surface area contributed by atoms with E-state index in [-0.39, 0.29) is 31.6 Å². The molecule has 0 unspecified atom stereocenters. The summed E-state index contributed by atoms with van der Waals surface area (Å²) in [6.07, 6.45) is -4.71. The van der Waals surface area contributed by atoms with E-state index < -0.39 is 29.5 Å². The summed E-state index contributed by atoms with van der Waals surface area (Å²) in [4.78, 5) is 35.5. The van der Waals surface area contributed by atoms with Gasteiger partial charge < -0.3 is 15.3 Å². The largest absolute Gasteiger partial charge is 0.481 e. The van der Waals surface area contributed by atoms with Gasteiger partial charge in [-0.15, -0.1) is 0 Å². The van der Waals surface area contributed by atoms with Crippen LogP contribution in [0.2, 0.25) is 0 Å². The molecule has 24 heavy (non-hydrogen) atoms. The highest BCUT2D eigenvalue weighted by Crippen LogP contribution is 2.28. The van der Waals surface area contributed by atoms with Gasteiger partial charge in [0.25, 0.3) is 5.91 Å². The number of aliphatic carboxylic acids is 1. The molecule has 2 N–H and O–H groups in total. The van der Waals surface area contributed by atoms with Crippen molar-refractivity contribution in [1.29, 1.82) is 0 Å².